The van der Waals surface area contributed by atoms with E-state index in [1.54, 1.807) is 20.8 Å². The van der Waals surface area contributed by atoms with Gasteiger partial charge in [0.15, 0.2) is 0 Å². The lowest BCUT2D eigenvalue weighted by Crippen LogP contribution is -2.45. The maximum Gasteiger partial charge on any atom is 0.416 e. The van der Waals surface area contributed by atoms with Gasteiger partial charge in [0.2, 0.25) is 0 Å². The van der Waals surface area contributed by atoms with E-state index < -0.39 is 29.0 Å². The second-order valence-electron chi connectivity index (χ2n) is 7.37. The first kappa shape index (κ1) is 17.9. The maximum absolute atomic E-state index is 13.0. The molecule has 0 aromatic carbocycles. The van der Waals surface area contributed by atoms with Gasteiger partial charge in [-0.2, -0.15) is 18.7 Å². The van der Waals surface area contributed by atoms with Gasteiger partial charge in [-0.05, 0) is 32.9 Å². The number of ether oxygens (including phenoxy) is 1. The molecule has 1 aromatic rings. The van der Waals surface area contributed by atoms with Crippen LogP contribution in [-0.4, -0.2) is 41.3 Å². The Hall–Kier alpha value is -1.87. The molecule has 6 nitrogen and oxygen atoms in total. The van der Waals surface area contributed by atoms with Crippen molar-refractivity contribution in [1.82, 2.24) is 15.4 Å². The Bertz CT molecular complexity index is 675. The Morgan fingerprint density at radius 2 is 2.16 bits per heavy atom. The highest BCUT2D eigenvalue weighted by Crippen LogP contribution is 2.41. The molecule has 2 fully saturated rings. The molecule has 0 bridgehead atoms. The van der Waals surface area contributed by atoms with E-state index in [1.807, 2.05) is 0 Å². The Kier molecular flexibility index (Phi) is 4.19. The molecule has 138 valence electrons. The van der Waals surface area contributed by atoms with Gasteiger partial charge < -0.3 is 14.5 Å². The second-order valence-corrected chi connectivity index (χ2v) is 7.37. The summed E-state index contributed by atoms with van der Waals surface area (Å²) in [5, 5.41) is 0. The summed E-state index contributed by atoms with van der Waals surface area (Å²) in [5.41, 5.74) is 0.591. The molecule has 2 unspecified atom stereocenters. The third kappa shape index (κ3) is 3.43. The highest BCUT2D eigenvalue weighted by molar-refractivity contribution is 5.69. The highest BCUT2D eigenvalue weighted by Gasteiger charge is 2.55. The minimum atomic E-state index is -4.47. The molecule has 1 amide bonds. The number of rotatable bonds is 1. The van der Waals surface area contributed by atoms with Crippen LogP contribution in [0.4, 0.5) is 18.0 Å². The van der Waals surface area contributed by atoms with Crippen LogP contribution in [0.15, 0.2) is 18.3 Å². The van der Waals surface area contributed by atoms with E-state index in [1.165, 1.54) is 4.90 Å². The van der Waals surface area contributed by atoms with Gasteiger partial charge in [-0.3, -0.25) is 4.98 Å². The molecular formula is C16H20F3N3O3. The molecule has 0 spiro atoms. The van der Waals surface area contributed by atoms with E-state index in [0.29, 0.717) is 6.54 Å². The second kappa shape index (κ2) is 5.84. The summed E-state index contributed by atoms with van der Waals surface area (Å²) in [4.78, 5) is 23.2. The standard InChI is InChI=1S/C16H20F3N3O3/c1-14(2,3)25-13(23)22-7-11-8-24-21-15(11,9-22)12-6-10(4-5-20-12)16(17,18)19/h4-6,11,21H,7-9H2,1-3H3. The molecule has 9 heteroatoms. The third-order valence-corrected chi connectivity index (χ3v) is 4.31. The van der Waals surface area contributed by atoms with Gasteiger partial charge in [0.25, 0.3) is 0 Å². The van der Waals surface area contributed by atoms with Gasteiger partial charge in [-0.15, -0.1) is 0 Å². The molecule has 2 saturated heterocycles. The number of carbonyl (C=O) groups is 1. The van der Waals surface area contributed by atoms with E-state index in [4.69, 9.17) is 9.57 Å². The van der Waals surface area contributed by atoms with Crippen molar-refractivity contribution < 1.29 is 27.5 Å². The summed E-state index contributed by atoms with van der Waals surface area (Å²) in [7, 11) is 0. The minimum Gasteiger partial charge on any atom is -0.444 e. The summed E-state index contributed by atoms with van der Waals surface area (Å²) < 4.78 is 44.4. The molecular weight excluding hydrogens is 339 g/mol. The zero-order chi connectivity index (χ0) is 18.5. The summed E-state index contributed by atoms with van der Waals surface area (Å²) in [6.45, 7) is 5.99. The predicted octanol–water partition coefficient (Wildman–Crippen LogP) is 2.70. The van der Waals surface area contributed by atoms with Gasteiger partial charge in [0, 0.05) is 18.7 Å². The molecule has 0 aliphatic carbocycles. The lowest BCUT2D eigenvalue weighted by Gasteiger charge is -2.28. The number of nitrogens with zero attached hydrogens (tertiary/aromatic N) is 2. The number of aromatic nitrogens is 1. The lowest BCUT2D eigenvalue weighted by atomic mass is 9.85. The SMILES string of the molecule is CC(C)(C)OC(=O)N1CC2CONC2(c2cc(C(F)(F)F)ccn2)C1. The van der Waals surface area contributed by atoms with E-state index in [9.17, 15) is 18.0 Å². The summed E-state index contributed by atoms with van der Waals surface area (Å²) in [6.07, 6.45) is -3.85. The van der Waals surface area contributed by atoms with Gasteiger partial charge in [0.05, 0.1) is 24.4 Å². The molecule has 2 aliphatic rings. The molecule has 25 heavy (non-hydrogen) atoms. The highest BCUT2D eigenvalue weighted by atomic mass is 19.4. The van der Waals surface area contributed by atoms with Crippen LogP contribution in [0.2, 0.25) is 0 Å². The predicted molar refractivity (Wildman–Crippen MR) is 81.3 cm³/mol. The van der Waals surface area contributed by atoms with Crippen LogP contribution in [0.3, 0.4) is 0 Å². The fourth-order valence-electron chi connectivity index (χ4n) is 3.16. The molecule has 0 saturated carbocycles. The van der Waals surface area contributed by atoms with Crippen LogP contribution < -0.4 is 5.48 Å². The number of hydroxylamine groups is 1. The molecule has 2 atom stereocenters. The molecule has 1 N–H and O–H groups in total. The number of pyridine rings is 1. The van der Waals surface area contributed by atoms with Crippen LogP contribution in [0.5, 0.6) is 0 Å². The van der Waals surface area contributed by atoms with E-state index in [0.717, 1.165) is 18.3 Å². The van der Waals surface area contributed by atoms with E-state index >= 15 is 0 Å². The quantitative estimate of drug-likeness (QED) is 0.835. The average molecular weight is 359 g/mol. The van der Waals surface area contributed by atoms with Crippen molar-refractivity contribution in [2.45, 2.75) is 38.1 Å². The van der Waals surface area contributed by atoms with Crippen LogP contribution in [0.25, 0.3) is 0 Å². The molecule has 3 rings (SSSR count). The fraction of sp³-hybridized carbons (Fsp3) is 0.625. The van der Waals surface area contributed by atoms with Crippen molar-refractivity contribution in [1.29, 1.82) is 0 Å². The van der Waals surface area contributed by atoms with Gasteiger partial charge in [0.1, 0.15) is 11.1 Å². The number of nitrogens with one attached hydrogen (secondary N) is 1. The molecule has 3 heterocycles. The van der Waals surface area contributed by atoms with Crippen LogP contribution in [-0.2, 0) is 21.3 Å². The number of alkyl halides is 3. The Morgan fingerprint density at radius 1 is 1.44 bits per heavy atom. The Balaban J connectivity index is 1.88. The van der Waals surface area contributed by atoms with Crippen molar-refractivity contribution in [3.8, 4) is 0 Å². The number of likely N-dealkylation sites (tertiary alicyclic amines) is 1. The van der Waals surface area contributed by atoms with Crippen molar-refractivity contribution in [2.75, 3.05) is 19.7 Å². The van der Waals surface area contributed by atoms with E-state index in [2.05, 4.69) is 10.5 Å². The first-order chi connectivity index (χ1) is 11.5. The summed E-state index contributed by atoms with van der Waals surface area (Å²) >= 11 is 0. The smallest absolute Gasteiger partial charge is 0.416 e. The number of halogens is 3. The minimum absolute atomic E-state index is 0.126. The number of fused-ring (bicyclic) bond motifs is 1. The van der Waals surface area contributed by atoms with Crippen LogP contribution >= 0.6 is 0 Å². The van der Waals surface area contributed by atoms with Crippen LogP contribution in [0, 0.1) is 5.92 Å². The first-order valence-electron chi connectivity index (χ1n) is 7.92. The number of hydrogen-bond donors (Lipinski definition) is 1. The third-order valence-electron chi connectivity index (χ3n) is 4.31. The summed E-state index contributed by atoms with van der Waals surface area (Å²) in [6, 6.07) is 1.93. The molecule has 0 radical (unpaired) electrons. The topological polar surface area (TPSA) is 63.7 Å². The van der Waals surface area contributed by atoms with Crippen LogP contribution in [0.1, 0.15) is 32.0 Å². The van der Waals surface area contributed by atoms with Gasteiger partial charge >= 0.3 is 12.3 Å². The monoisotopic (exact) mass is 359 g/mol. The first-order valence-corrected chi connectivity index (χ1v) is 7.92. The zero-order valence-corrected chi connectivity index (χ0v) is 14.2. The molecule has 2 aliphatic heterocycles. The Morgan fingerprint density at radius 3 is 2.80 bits per heavy atom. The Labute approximate surface area is 143 Å². The average Bonchev–Trinajstić information content (AvgIpc) is 3.02. The van der Waals surface area contributed by atoms with Crippen molar-refractivity contribution in [3.63, 3.8) is 0 Å². The fourth-order valence-corrected chi connectivity index (χ4v) is 3.16. The van der Waals surface area contributed by atoms with Crippen molar-refractivity contribution in [3.05, 3.63) is 29.6 Å². The number of hydrogen-bond acceptors (Lipinski definition) is 5. The number of amides is 1. The van der Waals surface area contributed by atoms with Gasteiger partial charge in [-0.1, -0.05) is 0 Å². The van der Waals surface area contributed by atoms with E-state index in [-0.39, 0.29) is 24.8 Å². The lowest BCUT2D eigenvalue weighted by molar-refractivity contribution is -0.137. The summed E-state index contributed by atoms with van der Waals surface area (Å²) in [5.74, 6) is -0.212. The largest absolute Gasteiger partial charge is 0.444 e. The normalized spacial score (nSPS) is 26.6. The van der Waals surface area contributed by atoms with Crippen molar-refractivity contribution >= 4 is 6.09 Å². The van der Waals surface area contributed by atoms with Gasteiger partial charge in [-0.25, -0.2) is 4.79 Å². The maximum atomic E-state index is 13.0. The number of carbonyl (C=O) groups excluding carboxylic acids is 1. The zero-order valence-electron chi connectivity index (χ0n) is 14.2. The molecule has 1 aromatic heterocycles. The van der Waals surface area contributed by atoms with Crippen molar-refractivity contribution in [2.24, 2.45) is 5.92 Å².